The molecule has 4 heteroatoms. The lowest BCUT2D eigenvalue weighted by molar-refractivity contribution is -0.130. The Labute approximate surface area is 87.8 Å². The molecule has 0 saturated carbocycles. The van der Waals surface area contributed by atoms with Gasteiger partial charge in [0.1, 0.15) is 0 Å². The van der Waals surface area contributed by atoms with Crippen LogP contribution in [-0.2, 0) is 4.79 Å². The minimum Gasteiger partial charge on any atom is -0.342 e. The predicted octanol–water partition coefficient (Wildman–Crippen LogP) is 1.87. The molecule has 76 valence electrons. The average Bonchev–Trinajstić information content (AvgIpc) is 2.71. The number of amides is 1. The maximum atomic E-state index is 11.2. The van der Waals surface area contributed by atoms with E-state index >= 15 is 0 Å². The Bertz CT molecular complexity index is 310. The molecule has 2 rings (SSSR count). The van der Waals surface area contributed by atoms with Gasteiger partial charge in [-0.25, -0.2) is 4.98 Å². The van der Waals surface area contributed by atoms with E-state index in [1.165, 1.54) is 5.01 Å². The Hall–Kier alpha value is -0.900. The minimum absolute atomic E-state index is 0.186. The number of hydrogen-bond acceptors (Lipinski definition) is 3. The van der Waals surface area contributed by atoms with Crippen molar-refractivity contribution >= 4 is 17.2 Å². The van der Waals surface area contributed by atoms with Crippen molar-refractivity contribution in [3.63, 3.8) is 0 Å². The Morgan fingerprint density at radius 2 is 2.57 bits per heavy atom. The molecule has 1 amide bonds. The Morgan fingerprint density at radius 3 is 3.21 bits per heavy atom. The summed E-state index contributed by atoms with van der Waals surface area (Å²) in [5, 5.41) is 3.18. The lowest BCUT2D eigenvalue weighted by Gasteiger charge is -2.30. The molecule has 0 spiro atoms. The van der Waals surface area contributed by atoms with Crippen molar-refractivity contribution in [3.8, 4) is 0 Å². The van der Waals surface area contributed by atoms with Crippen molar-refractivity contribution in [1.82, 2.24) is 9.88 Å². The molecule has 1 aliphatic heterocycles. The van der Waals surface area contributed by atoms with Crippen molar-refractivity contribution in [1.29, 1.82) is 0 Å². The summed E-state index contributed by atoms with van der Waals surface area (Å²) >= 11 is 1.69. The molecule has 1 aromatic rings. The van der Waals surface area contributed by atoms with E-state index in [-0.39, 0.29) is 5.91 Å². The summed E-state index contributed by atoms with van der Waals surface area (Å²) in [4.78, 5) is 17.5. The number of thiazole rings is 1. The molecule has 1 atom stereocenters. The maximum absolute atomic E-state index is 11.2. The molecule has 1 fully saturated rings. The van der Waals surface area contributed by atoms with Crippen LogP contribution in [0.1, 0.15) is 30.7 Å². The van der Waals surface area contributed by atoms with Gasteiger partial charge in [0.05, 0.1) is 5.01 Å². The summed E-state index contributed by atoms with van der Waals surface area (Å²) in [5.74, 6) is 0.652. The number of likely N-dealkylation sites (tertiary alicyclic amines) is 1. The van der Waals surface area contributed by atoms with Crippen LogP contribution in [-0.4, -0.2) is 28.9 Å². The summed E-state index contributed by atoms with van der Waals surface area (Å²) in [6.07, 6.45) is 4.10. The molecule has 0 N–H and O–H groups in total. The van der Waals surface area contributed by atoms with E-state index in [9.17, 15) is 4.79 Å². The molecule has 2 heterocycles. The third kappa shape index (κ3) is 1.95. The van der Waals surface area contributed by atoms with Gasteiger partial charge >= 0.3 is 0 Å². The van der Waals surface area contributed by atoms with Gasteiger partial charge < -0.3 is 4.90 Å². The zero-order chi connectivity index (χ0) is 9.97. The standard InChI is InChI=1S/C10H14N2OS/c1-8(13)12-5-2-3-9(7-12)10-11-4-6-14-10/h4,6,9H,2-3,5,7H2,1H3. The molecular weight excluding hydrogens is 196 g/mol. The van der Waals surface area contributed by atoms with E-state index in [1.807, 2.05) is 16.5 Å². The highest BCUT2D eigenvalue weighted by atomic mass is 32.1. The highest BCUT2D eigenvalue weighted by Crippen LogP contribution is 2.27. The van der Waals surface area contributed by atoms with Gasteiger partial charge in [0.25, 0.3) is 0 Å². The molecule has 14 heavy (non-hydrogen) atoms. The molecule has 0 aromatic carbocycles. The van der Waals surface area contributed by atoms with Crippen LogP contribution in [0.2, 0.25) is 0 Å². The minimum atomic E-state index is 0.186. The number of carbonyl (C=O) groups excluding carboxylic acids is 1. The summed E-state index contributed by atoms with van der Waals surface area (Å²) in [7, 11) is 0. The monoisotopic (exact) mass is 210 g/mol. The van der Waals surface area contributed by atoms with Crippen molar-refractivity contribution in [2.24, 2.45) is 0 Å². The highest BCUT2D eigenvalue weighted by molar-refractivity contribution is 7.09. The largest absolute Gasteiger partial charge is 0.342 e. The normalized spacial score (nSPS) is 22.4. The molecule has 0 aliphatic carbocycles. The third-order valence-corrected chi connectivity index (χ3v) is 3.61. The summed E-state index contributed by atoms with van der Waals surface area (Å²) in [6.45, 7) is 3.41. The van der Waals surface area contributed by atoms with Crippen LogP contribution < -0.4 is 0 Å². The van der Waals surface area contributed by atoms with E-state index < -0.39 is 0 Å². The topological polar surface area (TPSA) is 33.2 Å². The van der Waals surface area contributed by atoms with Crippen LogP contribution in [0.3, 0.4) is 0 Å². The lowest BCUT2D eigenvalue weighted by atomic mass is 9.99. The van der Waals surface area contributed by atoms with E-state index in [1.54, 1.807) is 18.3 Å². The van der Waals surface area contributed by atoms with Gasteiger partial charge in [-0.2, -0.15) is 0 Å². The first-order valence-corrected chi connectivity index (χ1v) is 5.80. The number of rotatable bonds is 1. The fourth-order valence-corrected chi connectivity index (χ4v) is 2.67. The quantitative estimate of drug-likeness (QED) is 0.709. The molecule has 3 nitrogen and oxygen atoms in total. The van der Waals surface area contributed by atoms with E-state index in [0.29, 0.717) is 5.92 Å². The fraction of sp³-hybridized carbons (Fsp3) is 0.600. The van der Waals surface area contributed by atoms with Crippen LogP contribution in [0.15, 0.2) is 11.6 Å². The second-order valence-electron chi connectivity index (χ2n) is 3.67. The van der Waals surface area contributed by atoms with Crippen molar-refractivity contribution in [2.45, 2.75) is 25.7 Å². The SMILES string of the molecule is CC(=O)N1CCCC(c2nccs2)C1. The molecular formula is C10H14N2OS. The molecule has 1 aromatic heterocycles. The van der Waals surface area contributed by atoms with Crippen molar-refractivity contribution in [2.75, 3.05) is 13.1 Å². The van der Waals surface area contributed by atoms with Gasteiger partial charge in [0.2, 0.25) is 5.91 Å². The second kappa shape index (κ2) is 4.09. The predicted molar refractivity (Wildman–Crippen MR) is 56.3 cm³/mol. The van der Waals surface area contributed by atoms with Gasteiger partial charge in [0, 0.05) is 37.5 Å². The number of nitrogens with zero attached hydrogens (tertiary/aromatic N) is 2. The zero-order valence-electron chi connectivity index (χ0n) is 8.27. The number of carbonyl (C=O) groups is 1. The van der Waals surface area contributed by atoms with E-state index in [4.69, 9.17) is 0 Å². The molecule has 1 unspecified atom stereocenters. The number of hydrogen-bond donors (Lipinski definition) is 0. The second-order valence-corrected chi connectivity index (χ2v) is 4.60. The average molecular weight is 210 g/mol. The van der Waals surface area contributed by atoms with E-state index in [0.717, 1.165) is 25.9 Å². The fourth-order valence-electron chi connectivity index (χ4n) is 1.90. The first-order valence-electron chi connectivity index (χ1n) is 4.92. The van der Waals surface area contributed by atoms with Gasteiger partial charge in [0.15, 0.2) is 0 Å². The van der Waals surface area contributed by atoms with E-state index in [2.05, 4.69) is 4.98 Å². The summed E-state index contributed by atoms with van der Waals surface area (Å²) in [5.41, 5.74) is 0. The molecule has 1 saturated heterocycles. The highest BCUT2D eigenvalue weighted by Gasteiger charge is 2.24. The Balaban J connectivity index is 2.04. The number of piperidine rings is 1. The van der Waals surface area contributed by atoms with Crippen molar-refractivity contribution < 1.29 is 4.79 Å². The molecule has 0 bridgehead atoms. The first-order chi connectivity index (χ1) is 6.77. The number of aromatic nitrogens is 1. The summed E-state index contributed by atoms with van der Waals surface area (Å²) < 4.78 is 0. The zero-order valence-corrected chi connectivity index (χ0v) is 9.09. The smallest absolute Gasteiger partial charge is 0.219 e. The van der Waals surface area contributed by atoms with Crippen molar-refractivity contribution in [3.05, 3.63) is 16.6 Å². The maximum Gasteiger partial charge on any atom is 0.219 e. The molecule has 0 radical (unpaired) electrons. The third-order valence-electron chi connectivity index (χ3n) is 2.67. The van der Waals surface area contributed by atoms with Gasteiger partial charge in [-0.15, -0.1) is 11.3 Å². The first kappa shape index (κ1) is 9.65. The van der Waals surface area contributed by atoms with Gasteiger partial charge in [-0.05, 0) is 12.8 Å². The Kier molecular flexibility index (Phi) is 2.82. The molecule has 1 aliphatic rings. The van der Waals surface area contributed by atoms with Crippen LogP contribution in [0.4, 0.5) is 0 Å². The van der Waals surface area contributed by atoms with Crippen LogP contribution in [0, 0.1) is 0 Å². The van der Waals surface area contributed by atoms with Crippen LogP contribution >= 0.6 is 11.3 Å². The Morgan fingerprint density at radius 1 is 1.71 bits per heavy atom. The lowest BCUT2D eigenvalue weighted by Crippen LogP contribution is -2.37. The van der Waals surface area contributed by atoms with Gasteiger partial charge in [-0.1, -0.05) is 0 Å². The summed E-state index contributed by atoms with van der Waals surface area (Å²) in [6, 6.07) is 0. The van der Waals surface area contributed by atoms with Crippen LogP contribution in [0.5, 0.6) is 0 Å². The van der Waals surface area contributed by atoms with Crippen LogP contribution in [0.25, 0.3) is 0 Å². The van der Waals surface area contributed by atoms with Gasteiger partial charge in [-0.3, -0.25) is 4.79 Å².